The van der Waals surface area contributed by atoms with Crippen LogP contribution >= 0.6 is 15.9 Å². The minimum absolute atomic E-state index is 0.600. The van der Waals surface area contributed by atoms with Gasteiger partial charge in [-0.25, -0.2) is 9.97 Å². The summed E-state index contributed by atoms with van der Waals surface area (Å²) in [5.41, 5.74) is 3.39. The molecule has 3 aromatic carbocycles. The highest BCUT2D eigenvalue weighted by Gasteiger charge is 2.10. The van der Waals surface area contributed by atoms with Crippen molar-refractivity contribution in [2.45, 2.75) is 13.0 Å². The van der Waals surface area contributed by atoms with Crippen LogP contribution in [0, 0.1) is 0 Å². The Morgan fingerprint density at radius 3 is 2.54 bits per heavy atom. The molecule has 5 rings (SSSR count). The number of hydrogen-bond acceptors (Lipinski definition) is 3. The minimum Gasteiger partial charge on any atom is -0.477 e. The van der Waals surface area contributed by atoms with Crippen molar-refractivity contribution >= 4 is 48.6 Å². The Labute approximate surface area is 170 Å². The third-order valence-corrected chi connectivity index (χ3v) is 5.50. The first kappa shape index (κ1) is 17.2. The Morgan fingerprint density at radius 1 is 0.821 bits per heavy atom. The Bertz CT molecular complexity index is 1290. The molecule has 0 amide bonds. The molecule has 2 heterocycles. The molecule has 0 spiro atoms. The second-order valence-electron chi connectivity index (χ2n) is 6.73. The second kappa shape index (κ2) is 7.24. The number of benzene rings is 3. The summed E-state index contributed by atoms with van der Waals surface area (Å²) >= 11 is 3.61. The minimum atomic E-state index is 0.600. The van der Waals surface area contributed by atoms with Crippen LogP contribution in [0.25, 0.3) is 32.7 Å². The summed E-state index contributed by atoms with van der Waals surface area (Å²) in [6, 6.07) is 22.9. The number of halogens is 1. The zero-order valence-corrected chi connectivity index (χ0v) is 16.8. The molecule has 4 nitrogen and oxygen atoms in total. The van der Waals surface area contributed by atoms with E-state index >= 15 is 0 Å². The number of aromatic nitrogens is 3. The van der Waals surface area contributed by atoms with E-state index < -0.39 is 0 Å². The van der Waals surface area contributed by atoms with Crippen LogP contribution in [0.2, 0.25) is 0 Å². The SMILES string of the molecule is Brc1ccc2c3ccccc3n(CCCOc3ncnc4ccccc34)c2c1. The fourth-order valence-electron chi connectivity index (χ4n) is 3.75. The van der Waals surface area contributed by atoms with Gasteiger partial charge in [0.05, 0.1) is 23.0 Å². The van der Waals surface area contributed by atoms with Crippen molar-refractivity contribution in [3.8, 4) is 5.88 Å². The van der Waals surface area contributed by atoms with Crippen LogP contribution in [-0.4, -0.2) is 21.1 Å². The number of fused-ring (bicyclic) bond motifs is 4. The average molecular weight is 432 g/mol. The maximum absolute atomic E-state index is 5.99. The van der Waals surface area contributed by atoms with Gasteiger partial charge in [-0.2, -0.15) is 0 Å². The molecule has 0 saturated carbocycles. The second-order valence-corrected chi connectivity index (χ2v) is 7.64. The van der Waals surface area contributed by atoms with Gasteiger partial charge in [0, 0.05) is 27.3 Å². The molecule has 0 N–H and O–H groups in total. The molecule has 0 fully saturated rings. The molecule has 0 saturated heterocycles. The summed E-state index contributed by atoms with van der Waals surface area (Å²) in [4.78, 5) is 8.59. The predicted octanol–water partition coefficient (Wildman–Crippen LogP) is 5.97. The van der Waals surface area contributed by atoms with Crippen molar-refractivity contribution in [2.75, 3.05) is 6.61 Å². The van der Waals surface area contributed by atoms with Gasteiger partial charge >= 0.3 is 0 Å². The normalized spacial score (nSPS) is 11.5. The van der Waals surface area contributed by atoms with E-state index in [1.807, 2.05) is 24.3 Å². The molecule has 0 aliphatic rings. The largest absolute Gasteiger partial charge is 0.477 e. The number of para-hydroxylation sites is 2. The van der Waals surface area contributed by atoms with Gasteiger partial charge < -0.3 is 9.30 Å². The molecule has 5 aromatic rings. The molecule has 0 bridgehead atoms. The van der Waals surface area contributed by atoms with Crippen molar-refractivity contribution in [3.05, 3.63) is 77.5 Å². The lowest BCUT2D eigenvalue weighted by atomic mass is 10.2. The molecule has 0 radical (unpaired) electrons. The van der Waals surface area contributed by atoms with Gasteiger partial charge in [0.2, 0.25) is 5.88 Å². The monoisotopic (exact) mass is 431 g/mol. The van der Waals surface area contributed by atoms with E-state index in [2.05, 4.69) is 72.9 Å². The highest BCUT2D eigenvalue weighted by Crippen LogP contribution is 2.31. The predicted molar refractivity (Wildman–Crippen MR) is 117 cm³/mol. The molecule has 0 unspecified atom stereocenters. The lowest BCUT2D eigenvalue weighted by Gasteiger charge is -2.10. The summed E-state index contributed by atoms with van der Waals surface area (Å²) < 4.78 is 9.45. The average Bonchev–Trinajstić information content (AvgIpc) is 3.04. The van der Waals surface area contributed by atoms with Gasteiger partial charge in [0.15, 0.2) is 0 Å². The molecule has 0 atom stereocenters. The van der Waals surface area contributed by atoms with E-state index in [0.29, 0.717) is 12.5 Å². The highest BCUT2D eigenvalue weighted by molar-refractivity contribution is 9.10. The summed E-state index contributed by atoms with van der Waals surface area (Å²) in [5, 5.41) is 3.51. The maximum atomic E-state index is 5.99. The van der Waals surface area contributed by atoms with Crippen LogP contribution in [0.15, 0.2) is 77.5 Å². The van der Waals surface area contributed by atoms with Crippen LogP contribution < -0.4 is 4.74 Å². The summed E-state index contributed by atoms with van der Waals surface area (Å²) in [6.07, 6.45) is 2.45. The zero-order chi connectivity index (χ0) is 18.9. The van der Waals surface area contributed by atoms with Gasteiger partial charge in [-0.05, 0) is 36.8 Å². The first-order chi connectivity index (χ1) is 13.8. The van der Waals surface area contributed by atoms with Crippen molar-refractivity contribution in [1.29, 1.82) is 0 Å². The number of hydrogen-bond donors (Lipinski definition) is 0. The Balaban J connectivity index is 1.39. The first-order valence-electron chi connectivity index (χ1n) is 9.30. The van der Waals surface area contributed by atoms with Crippen LogP contribution in [0.4, 0.5) is 0 Å². The maximum Gasteiger partial charge on any atom is 0.224 e. The van der Waals surface area contributed by atoms with Crippen molar-refractivity contribution in [2.24, 2.45) is 0 Å². The van der Waals surface area contributed by atoms with Crippen LogP contribution in [0.3, 0.4) is 0 Å². The molecular weight excluding hydrogens is 414 g/mol. The molecular formula is C23H18BrN3O. The number of ether oxygens (including phenoxy) is 1. The molecule has 2 aromatic heterocycles. The topological polar surface area (TPSA) is 39.9 Å². The van der Waals surface area contributed by atoms with Gasteiger partial charge in [-0.15, -0.1) is 0 Å². The Kier molecular flexibility index (Phi) is 4.45. The molecule has 138 valence electrons. The van der Waals surface area contributed by atoms with E-state index in [9.17, 15) is 0 Å². The van der Waals surface area contributed by atoms with Crippen LogP contribution in [0.1, 0.15) is 6.42 Å². The van der Waals surface area contributed by atoms with Crippen molar-refractivity contribution in [1.82, 2.24) is 14.5 Å². The van der Waals surface area contributed by atoms with E-state index in [1.165, 1.54) is 21.8 Å². The van der Waals surface area contributed by atoms with E-state index in [1.54, 1.807) is 6.33 Å². The van der Waals surface area contributed by atoms with E-state index in [-0.39, 0.29) is 0 Å². The van der Waals surface area contributed by atoms with Gasteiger partial charge in [-0.1, -0.05) is 52.3 Å². The van der Waals surface area contributed by atoms with E-state index in [0.717, 1.165) is 28.3 Å². The number of rotatable bonds is 5. The lowest BCUT2D eigenvalue weighted by Crippen LogP contribution is -2.05. The molecule has 5 heteroatoms. The summed E-state index contributed by atoms with van der Waals surface area (Å²) in [7, 11) is 0. The lowest BCUT2D eigenvalue weighted by molar-refractivity contribution is 0.295. The van der Waals surface area contributed by atoms with Crippen molar-refractivity contribution < 1.29 is 4.74 Å². The van der Waals surface area contributed by atoms with Crippen LogP contribution in [-0.2, 0) is 6.54 Å². The van der Waals surface area contributed by atoms with Gasteiger partial charge in [0.1, 0.15) is 6.33 Å². The fourth-order valence-corrected chi connectivity index (χ4v) is 4.10. The summed E-state index contributed by atoms with van der Waals surface area (Å²) in [6.45, 7) is 1.48. The van der Waals surface area contributed by atoms with Crippen LogP contribution in [0.5, 0.6) is 5.88 Å². The summed E-state index contributed by atoms with van der Waals surface area (Å²) in [5.74, 6) is 0.649. The molecule has 0 aliphatic heterocycles. The third-order valence-electron chi connectivity index (χ3n) is 5.01. The fraction of sp³-hybridized carbons (Fsp3) is 0.130. The number of nitrogens with zero attached hydrogens (tertiary/aromatic N) is 3. The third kappa shape index (κ3) is 3.02. The standard InChI is InChI=1S/C23H18BrN3O/c24-16-10-11-18-17-6-2-4-9-21(17)27(22(18)14-16)12-5-13-28-23-19-7-1-3-8-20(19)25-15-26-23/h1-4,6-11,14-15H,5,12-13H2. The molecule has 0 aliphatic carbocycles. The van der Waals surface area contributed by atoms with Gasteiger partial charge in [-0.3, -0.25) is 0 Å². The Hall–Kier alpha value is -2.92. The quantitative estimate of drug-likeness (QED) is 0.321. The zero-order valence-electron chi connectivity index (χ0n) is 15.2. The van der Waals surface area contributed by atoms with Gasteiger partial charge in [0.25, 0.3) is 0 Å². The highest BCUT2D eigenvalue weighted by atomic mass is 79.9. The van der Waals surface area contributed by atoms with E-state index in [4.69, 9.17) is 4.74 Å². The first-order valence-corrected chi connectivity index (χ1v) is 10.1. The smallest absolute Gasteiger partial charge is 0.224 e. The Morgan fingerprint density at radius 2 is 1.61 bits per heavy atom. The molecule has 28 heavy (non-hydrogen) atoms. The number of aryl methyl sites for hydroxylation is 1. The van der Waals surface area contributed by atoms with Crippen molar-refractivity contribution in [3.63, 3.8) is 0 Å².